The van der Waals surface area contributed by atoms with Crippen LogP contribution in [-0.4, -0.2) is 30.0 Å². The van der Waals surface area contributed by atoms with Crippen LogP contribution in [0.2, 0.25) is 0 Å². The Morgan fingerprint density at radius 1 is 1.22 bits per heavy atom. The summed E-state index contributed by atoms with van der Waals surface area (Å²) in [5.74, 6) is 3.64. The van der Waals surface area contributed by atoms with Gasteiger partial charge in [-0.15, -0.1) is 23.5 Å². The zero-order valence-electron chi connectivity index (χ0n) is 13.5. The van der Waals surface area contributed by atoms with Gasteiger partial charge in [0.1, 0.15) is 5.60 Å². The Kier molecular flexibility index (Phi) is 4.87. The maximum atomic E-state index is 12.1. The summed E-state index contributed by atoms with van der Waals surface area (Å²) in [6, 6.07) is 3.81. The SMILES string of the molecule is CC(C)(C)OC(=O)Nc1cc2c(cc1C1SCCCS1)OCO2. The number of anilines is 1. The second kappa shape index (κ2) is 6.73. The number of thioether (sulfide) groups is 2. The van der Waals surface area contributed by atoms with Crippen LogP contribution in [0.1, 0.15) is 37.3 Å². The Morgan fingerprint density at radius 3 is 2.52 bits per heavy atom. The van der Waals surface area contributed by atoms with Crippen molar-refractivity contribution >= 4 is 35.3 Å². The molecule has 23 heavy (non-hydrogen) atoms. The minimum Gasteiger partial charge on any atom is -0.454 e. The molecule has 7 heteroatoms. The maximum absolute atomic E-state index is 12.1. The molecular weight excluding hydrogens is 334 g/mol. The van der Waals surface area contributed by atoms with Gasteiger partial charge < -0.3 is 14.2 Å². The highest BCUT2D eigenvalue weighted by Gasteiger charge is 2.26. The van der Waals surface area contributed by atoms with Crippen molar-refractivity contribution in [3.05, 3.63) is 17.7 Å². The molecule has 0 unspecified atom stereocenters. The van der Waals surface area contributed by atoms with E-state index in [0.717, 1.165) is 28.5 Å². The quantitative estimate of drug-likeness (QED) is 0.835. The number of benzene rings is 1. The molecule has 2 aliphatic rings. The Morgan fingerprint density at radius 2 is 1.87 bits per heavy atom. The van der Waals surface area contributed by atoms with E-state index >= 15 is 0 Å². The van der Waals surface area contributed by atoms with E-state index in [-0.39, 0.29) is 11.4 Å². The first kappa shape index (κ1) is 16.6. The fourth-order valence-electron chi connectivity index (χ4n) is 2.34. The van der Waals surface area contributed by atoms with Gasteiger partial charge in [-0.1, -0.05) is 0 Å². The van der Waals surface area contributed by atoms with E-state index in [1.165, 1.54) is 6.42 Å². The molecule has 2 heterocycles. The summed E-state index contributed by atoms with van der Waals surface area (Å²) in [7, 11) is 0. The highest BCUT2D eigenvalue weighted by Crippen LogP contribution is 2.49. The van der Waals surface area contributed by atoms with Crippen LogP contribution in [0, 0.1) is 0 Å². The van der Waals surface area contributed by atoms with Crippen molar-refractivity contribution in [2.75, 3.05) is 23.6 Å². The van der Waals surface area contributed by atoms with Crippen LogP contribution < -0.4 is 14.8 Å². The van der Waals surface area contributed by atoms with Crippen molar-refractivity contribution in [3.8, 4) is 11.5 Å². The number of hydrogen-bond acceptors (Lipinski definition) is 6. The van der Waals surface area contributed by atoms with Crippen LogP contribution >= 0.6 is 23.5 Å². The predicted molar refractivity (Wildman–Crippen MR) is 94.7 cm³/mol. The first-order chi connectivity index (χ1) is 10.9. The Balaban J connectivity index is 1.86. The van der Waals surface area contributed by atoms with Gasteiger partial charge in [0.15, 0.2) is 11.5 Å². The third-order valence-corrected chi connectivity index (χ3v) is 6.24. The van der Waals surface area contributed by atoms with Gasteiger partial charge in [-0.3, -0.25) is 5.32 Å². The Hall–Kier alpha value is -1.21. The normalized spacial score (nSPS) is 17.9. The van der Waals surface area contributed by atoms with Crippen molar-refractivity contribution in [2.24, 2.45) is 0 Å². The van der Waals surface area contributed by atoms with Crippen molar-refractivity contribution in [2.45, 2.75) is 37.4 Å². The van der Waals surface area contributed by atoms with E-state index in [2.05, 4.69) is 5.32 Å². The second-order valence-electron chi connectivity index (χ2n) is 6.35. The first-order valence-corrected chi connectivity index (χ1v) is 9.69. The molecule has 1 aromatic rings. The van der Waals surface area contributed by atoms with Gasteiger partial charge in [0.25, 0.3) is 0 Å². The molecule has 0 bridgehead atoms. The summed E-state index contributed by atoms with van der Waals surface area (Å²) >= 11 is 3.78. The molecule has 0 aromatic heterocycles. The lowest BCUT2D eigenvalue weighted by molar-refractivity contribution is 0.0636. The van der Waals surface area contributed by atoms with Crippen LogP contribution in [0.4, 0.5) is 10.5 Å². The first-order valence-electron chi connectivity index (χ1n) is 7.59. The van der Waals surface area contributed by atoms with Gasteiger partial charge in [-0.2, -0.15) is 0 Å². The molecule has 0 aliphatic carbocycles. The number of rotatable bonds is 2. The summed E-state index contributed by atoms with van der Waals surface area (Å²) < 4.78 is 16.6. The van der Waals surface area contributed by atoms with E-state index in [1.807, 2.05) is 56.4 Å². The smallest absolute Gasteiger partial charge is 0.412 e. The number of carbonyl (C=O) groups excluding carboxylic acids is 1. The second-order valence-corrected chi connectivity index (χ2v) is 9.07. The summed E-state index contributed by atoms with van der Waals surface area (Å²) in [6.07, 6.45) is 0.758. The van der Waals surface area contributed by atoms with Crippen LogP contribution in [-0.2, 0) is 4.74 Å². The van der Waals surface area contributed by atoms with Crippen LogP contribution in [0.15, 0.2) is 12.1 Å². The largest absolute Gasteiger partial charge is 0.454 e. The monoisotopic (exact) mass is 355 g/mol. The molecule has 5 nitrogen and oxygen atoms in total. The zero-order valence-corrected chi connectivity index (χ0v) is 15.1. The lowest BCUT2D eigenvalue weighted by Crippen LogP contribution is -2.27. The van der Waals surface area contributed by atoms with Gasteiger partial charge in [0.2, 0.25) is 6.79 Å². The minimum atomic E-state index is -0.533. The van der Waals surface area contributed by atoms with Gasteiger partial charge >= 0.3 is 6.09 Å². The number of ether oxygens (including phenoxy) is 3. The Bertz CT molecular complexity index is 594. The van der Waals surface area contributed by atoms with Gasteiger partial charge in [0, 0.05) is 11.6 Å². The van der Waals surface area contributed by atoms with Crippen LogP contribution in [0.5, 0.6) is 11.5 Å². The van der Waals surface area contributed by atoms with Gasteiger partial charge in [0.05, 0.1) is 10.3 Å². The van der Waals surface area contributed by atoms with E-state index < -0.39 is 11.7 Å². The zero-order chi connectivity index (χ0) is 16.4. The molecule has 126 valence electrons. The van der Waals surface area contributed by atoms with E-state index in [4.69, 9.17) is 14.2 Å². The average Bonchev–Trinajstić information content (AvgIpc) is 2.92. The van der Waals surface area contributed by atoms with E-state index in [1.54, 1.807) is 0 Å². The molecule has 0 atom stereocenters. The number of carbonyl (C=O) groups is 1. The Labute approximate surface area is 144 Å². The molecule has 1 saturated heterocycles. The lowest BCUT2D eigenvalue weighted by atomic mass is 10.1. The fraction of sp³-hybridized carbons (Fsp3) is 0.562. The highest BCUT2D eigenvalue weighted by molar-refractivity contribution is 8.16. The van der Waals surface area contributed by atoms with Crippen molar-refractivity contribution in [1.82, 2.24) is 0 Å². The van der Waals surface area contributed by atoms with Crippen molar-refractivity contribution in [1.29, 1.82) is 0 Å². The molecule has 1 amide bonds. The fourth-order valence-corrected chi connectivity index (χ4v) is 5.29. The number of fused-ring (bicyclic) bond motifs is 1. The average molecular weight is 355 g/mol. The lowest BCUT2D eigenvalue weighted by Gasteiger charge is -2.25. The molecule has 1 fully saturated rings. The molecule has 0 spiro atoms. The molecule has 0 radical (unpaired) electrons. The highest BCUT2D eigenvalue weighted by atomic mass is 32.2. The van der Waals surface area contributed by atoms with Crippen LogP contribution in [0.25, 0.3) is 0 Å². The minimum absolute atomic E-state index is 0.218. The summed E-state index contributed by atoms with van der Waals surface area (Å²) in [5, 5.41) is 2.87. The van der Waals surface area contributed by atoms with Gasteiger partial charge in [-0.25, -0.2) is 4.79 Å². The summed E-state index contributed by atoms with van der Waals surface area (Å²) in [4.78, 5) is 12.1. The third kappa shape index (κ3) is 4.20. The molecule has 0 saturated carbocycles. The van der Waals surface area contributed by atoms with E-state index in [0.29, 0.717) is 5.75 Å². The summed E-state index contributed by atoms with van der Waals surface area (Å²) in [6.45, 7) is 5.76. The topological polar surface area (TPSA) is 56.8 Å². The number of nitrogens with one attached hydrogen (secondary N) is 1. The van der Waals surface area contributed by atoms with Crippen LogP contribution in [0.3, 0.4) is 0 Å². The summed E-state index contributed by atoms with van der Waals surface area (Å²) in [5.41, 5.74) is 1.25. The van der Waals surface area contributed by atoms with Crippen molar-refractivity contribution in [3.63, 3.8) is 0 Å². The van der Waals surface area contributed by atoms with E-state index in [9.17, 15) is 4.79 Å². The standard InChI is InChI=1S/C16H21NO4S2/c1-16(2,3)21-15(18)17-11-8-13-12(19-9-20-13)7-10(11)14-22-5-4-6-23-14/h7-8,14H,4-6,9H2,1-3H3,(H,17,18). The van der Waals surface area contributed by atoms with Gasteiger partial charge in [-0.05, 0) is 44.8 Å². The molecule has 1 aromatic carbocycles. The third-order valence-electron chi connectivity index (χ3n) is 3.26. The maximum Gasteiger partial charge on any atom is 0.412 e. The predicted octanol–water partition coefficient (Wildman–Crippen LogP) is 4.63. The van der Waals surface area contributed by atoms with Crippen molar-refractivity contribution < 1.29 is 19.0 Å². The number of amides is 1. The molecular formula is C16H21NO4S2. The molecule has 3 rings (SSSR count). The number of hydrogen-bond donors (Lipinski definition) is 1. The molecule has 1 N–H and O–H groups in total. The molecule has 2 aliphatic heterocycles.